The third-order valence-electron chi connectivity index (χ3n) is 4.38. The molecule has 0 radical (unpaired) electrons. The molecule has 21 heavy (non-hydrogen) atoms. The molecule has 0 bridgehead atoms. The fraction of sp³-hybridized carbons (Fsp3) is 0.765. The monoisotopic (exact) mass is 291 g/mol. The standard InChI is InChI=1S/C17H29N3O/c21-17(14-16-12-13-18-20-16)19-15-10-8-6-4-2-1-3-5-7-9-11-15/h12-13,15H,1-11,14H2,(H,18,20)(H,19,21). The van der Waals surface area contributed by atoms with E-state index in [1.165, 1.54) is 57.8 Å². The number of carbonyl (C=O) groups excluding carboxylic acids is 1. The van der Waals surface area contributed by atoms with Crippen molar-refractivity contribution in [1.82, 2.24) is 15.5 Å². The van der Waals surface area contributed by atoms with Crippen LogP contribution in [0.3, 0.4) is 0 Å². The first-order valence-corrected chi connectivity index (χ1v) is 8.62. The van der Waals surface area contributed by atoms with Crippen molar-refractivity contribution in [2.75, 3.05) is 0 Å². The van der Waals surface area contributed by atoms with Gasteiger partial charge in [-0.05, 0) is 18.9 Å². The minimum Gasteiger partial charge on any atom is -0.353 e. The first kappa shape index (κ1) is 16.1. The second kappa shape index (κ2) is 9.59. The minimum absolute atomic E-state index is 0.122. The normalized spacial score (nSPS) is 19.4. The number of aromatic amines is 1. The Morgan fingerprint density at radius 3 is 2.14 bits per heavy atom. The van der Waals surface area contributed by atoms with E-state index in [0.29, 0.717) is 12.5 Å². The van der Waals surface area contributed by atoms with Crippen molar-refractivity contribution in [3.8, 4) is 0 Å². The number of aromatic nitrogens is 2. The maximum atomic E-state index is 12.1. The number of hydrogen-bond donors (Lipinski definition) is 2. The molecule has 118 valence electrons. The summed E-state index contributed by atoms with van der Waals surface area (Å²) in [6, 6.07) is 2.22. The summed E-state index contributed by atoms with van der Waals surface area (Å²) < 4.78 is 0. The van der Waals surface area contributed by atoms with Crippen LogP contribution in [-0.4, -0.2) is 22.1 Å². The number of hydrogen-bond acceptors (Lipinski definition) is 2. The van der Waals surface area contributed by atoms with Crippen LogP contribution in [0.15, 0.2) is 12.3 Å². The highest BCUT2D eigenvalue weighted by Gasteiger charge is 2.13. The van der Waals surface area contributed by atoms with Gasteiger partial charge >= 0.3 is 0 Å². The molecule has 0 aromatic carbocycles. The Bertz CT molecular complexity index is 377. The molecule has 1 amide bonds. The summed E-state index contributed by atoms with van der Waals surface area (Å²) in [5.74, 6) is 0.122. The fourth-order valence-electron chi connectivity index (χ4n) is 3.14. The van der Waals surface area contributed by atoms with Crippen molar-refractivity contribution in [1.29, 1.82) is 0 Å². The van der Waals surface area contributed by atoms with Gasteiger partial charge in [-0.25, -0.2) is 0 Å². The lowest BCUT2D eigenvalue weighted by molar-refractivity contribution is -0.121. The predicted molar refractivity (Wildman–Crippen MR) is 85.0 cm³/mol. The Labute approximate surface area is 128 Å². The average Bonchev–Trinajstić information content (AvgIpc) is 2.94. The summed E-state index contributed by atoms with van der Waals surface area (Å²) in [6.07, 6.45) is 16.4. The summed E-state index contributed by atoms with van der Waals surface area (Å²) in [7, 11) is 0. The molecular formula is C17H29N3O. The van der Waals surface area contributed by atoms with Crippen LogP contribution < -0.4 is 5.32 Å². The lowest BCUT2D eigenvalue weighted by Gasteiger charge is -2.19. The molecule has 1 heterocycles. The van der Waals surface area contributed by atoms with Gasteiger partial charge in [0.25, 0.3) is 0 Å². The zero-order chi connectivity index (χ0) is 14.8. The van der Waals surface area contributed by atoms with Crippen LogP contribution in [0.2, 0.25) is 0 Å². The zero-order valence-electron chi connectivity index (χ0n) is 13.1. The van der Waals surface area contributed by atoms with Gasteiger partial charge in [0.05, 0.1) is 6.42 Å². The highest BCUT2D eigenvalue weighted by molar-refractivity contribution is 5.78. The SMILES string of the molecule is O=C(Cc1ccn[nH]1)NC1CCCCCCCCCCC1. The largest absolute Gasteiger partial charge is 0.353 e. The quantitative estimate of drug-likeness (QED) is 0.891. The molecule has 0 aliphatic heterocycles. The van der Waals surface area contributed by atoms with Crippen LogP contribution in [0, 0.1) is 0 Å². The second-order valence-corrected chi connectivity index (χ2v) is 6.28. The third-order valence-corrected chi connectivity index (χ3v) is 4.38. The van der Waals surface area contributed by atoms with E-state index in [4.69, 9.17) is 0 Å². The van der Waals surface area contributed by atoms with E-state index in [2.05, 4.69) is 15.5 Å². The van der Waals surface area contributed by atoms with Gasteiger partial charge in [0.15, 0.2) is 0 Å². The molecular weight excluding hydrogens is 262 g/mol. The Balaban J connectivity index is 1.75. The van der Waals surface area contributed by atoms with Gasteiger partial charge < -0.3 is 5.32 Å². The molecule has 1 aromatic heterocycles. The molecule has 2 N–H and O–H groups in total. The number of nitrogens with zero attached hydrogens (tertiary/aromatic N) is 1. The Hall–Kier alpha value is -1.32. The second-order valence-electron chi connectivity index (χ2n) is 6.28. The van der Waals surface area contributed by atoms with E-state index in [1.807, 2.05) is 6.07 Å². The van der Waals surface area contributed by atoms with E-state index in [0.717, 1.165) is 18.5 Å². The van der Waals surface area contributed by atoms with Crippen LogP contribution in [0.5, 0.6) is 0 Å². The van der Waals surface area contributed by atoms with Gasteiger partial charge in [0.1, 0.15) is 0 Å². The van der Waals surface area contributed by atoms with Crippen molar-refractivity contribution < 1.29 is 4.79 Å². The van der Waals surface area contributed by atoms with E-state index in [9.17, 15) is 4.79 Å². The molecule has 2 rings (SSSR count). The number of nitrogens with one attached hydrogen (secondary N) is 2. The summed E-state index contributed by atoms with van der Waals surface area (Å²) in [6.45, 7) is 0. The lowest BCUT2D eigenvalue weighted by atomic mass is 9.98. The maximum absolute atomic E-state index is 12.1. The maximum Gasteiger partial charge on any atom is 0.226 e. The molecule has 0 atom stereocenters. The Kier molecular flexibility index (Phi) is 7.33. The van der Waals surface area contributed by atoms with Gasteiger partial charge in [-0.2, -0.15) is 5.10 Å². The number of amides is 1. The predicted octanol–water partition coefficient (Wildman–Crippen LogP) is 3.74. The smallest absolute Gasteiger partial charge is 0.226 e. The summed E-state index contributed by atoms with van der Waals surface area (Å²) in [5.41, 5.74) is 0.889. The lowest BCUT2D eigenvalue weighted by Crippen LogP contribution is -2.36. The number of H-pyrrole nitrogens is 1. The Morgan fingerprint density at radius 2 is 1.62 bits per heavy atom. The minimum atomic E-state index is 0.122. The first-order chi connectivity index (χ1) is 10.3. The Morgan fingerprint density at radius 1 is 1.05 bits per heavy atom. The molecule has 4 nitrogen and oxygen atoms in total. The molecule has 0 saturated heterocycles. The molecule has 0 spiro atoms. The number of carbonyl (C=O) groups is 1. The van der Waals surface area contributed by atoms with E-state index in [-0.39, 0.29) is 5.91 Å². The van der Waals surface area contributed by atoms with E-state index in [1.54, 1.807) is 6.20 Å². The van der Waals surface area contributed by atoms with Crippen LogP contribution in [-0.2, 0) is 11.2 Å². The van der Waals surface area contributed by atoms with Gasteiger partial charge in [0.2, 0.25) is 5.91 Å². The summed E-state index contributed by atoms with van der Waals surface area (Å²) >= 11 is 0. The van der Waals surface area contributed by atoms with Gasteiger partial charge in [0, 0.05) is 17.9 Å². The molecule has 1 saturated carbocycles. The molecule has 4 heteroatoms. The molecule has 1 aromatic rings. The summed E-state index contributed by atoms with van der Waals surface area (Å²) in [5, 5.41) is 9.96. The molecule has 0 unspecified atom stereocenters. The van der Waals surface area contributed by atoms with E-state index < -0.39 is 0 Å². The zero-order valence-corrected chi connectivity index (χ0v) is 13.1. The van der Waals surface area contributed by atoms with Gasteiger partial charge in [-0.3, -0.25) is 9.89 Å². The fourth-order valence-corrected chi connectivity index (χ4v) is 3.14. The van der Waals surface area contributed by atoms with Gasteiger partial charge in [-0.1, -0.05) is 57.8 Å². The highest BCUT2D eigenvalue weighted by Crippen LogP contribution is 2.17. The topological polar surface area (TPSA) is 57.8 Å². The molecule has 1 fully saturated rings. The first-order valence-electron chi connectivity index (χ1n) is 8.62. The molecule has 1 aliphatic rings. The van der Waals surface area contributed by atoms with Crippen molar-refractivity contribution in [2.24, 2.45) is 0 Å². The molecule has 1 aliphatic carbocycles. The van der Waals surface area contributed by atoms with Crippen LogP contribution >= 0.6 is 0 Å². The number of rotatable bonds is 3. The highest BCUT2D eigenvalue weighted by atomic mass is 16.1. The van der Waals surface area contributed by atoms with Crippen molar-refractivity contribution in [2.45, 2.75) is 83.1 Å². The van der Waals surface area contributed by atoms with Crippen molar-refractivity contribution >= 4 is 5.91 Å². The average molecular weight is 291 g/mol. The van der Waals surface area contributed by atoms with Crippen molar-refractivity contribution in [3.05, 3.63) is 18.0 Å². The van der Waals surface area contributed by atoms with Crippen LogP contribution in [0.4, 0.5) is 0 Å². The summed E-state index contributed by atoms with van der Waals surface area (Å²) in [4.78, 5) is 12.1. The van der Waals surface area contributed by atoms with Crippen LogP contribution in [0.25, 0.3) is 0 Å². The van der Waals surface area contributed by atoms with E-state index >= 15 is 0 Å². The van der Waals surface area contributed by atoms with Gasteiger partial charge in [-0.15, -0.1) is 0 Å². The third kappa shape index (κ3) is 6.78. The van der Waals surface area contributed by atoms with Crippen molar-refractivity contribution in [3.63, 3.8) is 0 Å². The van der Waals surface area contributed by atoms with Crippen LogP contribution in [0.1, 0.15) is 76.3 Å².